The molecule has 3 heteroatoms. The van der Waals surface area contributed by atoms with Gasteiger partial charge in [0, 0.05) is 0 Å². The fraction of sp³-hybridized carbons (Fsp3) is 0. The van der Waals surface area contributed by atoms with Gasteiger partial charge in [0.1, 0.15) is 0 Å². The van der Waals surface area contributed by atoms with Gasteiger partial charge in [0.25, 0.3) is 0 Å². The molecular weight excluding hydrogens is 318 g/mol. The van der Waals surface area contributed by atoms with Crippen molar-refractivity contribution in [1.29, 1.82) is 0 Å². The van der Waals surface area contributed by atoms with E-state index in [9.17, 15) is 0 Å². The Morgan fingerprint density at radius 1 is 1.14 bits per heavy atom. The molecule has 0 saturated heterocycles. The monoisotopic (exact) mass is 322 g/mol. The van der Waals surface area contributed by atoms with Crippen LogP contribution in [0.15, 0.2) is 12.1 Å². The predicted octanol–water partition coefficient (Wildman–Crippen LogP) is -0.664. The molecule has 0 unspecified atom stereocenters. The molecule has 1 rings (SSSR count). The van der Waals surface area contributed by atoms with E-state index in [0.29, 0.717) is 0 Å². The van der Waals surface area contributed by atoms with Crippen LogP contribution >= 0.6 is 11.3 Å². The van der Waals surface area contributed by atoms with Crippen LogP contribution in [0.25, 0.3) is 0 Å². The zero-order valence-electron chi connectivity index (χ0n) is 3.56. The predicted molar refractivity (Wildman–Crippen MR) is 35.1 cm³/mol. The Labute approximate surface area is 73.5 Å². The molecule has 0 N–H and O–H groups in total. The molecule has 0 aliphatic rings. The fourth-order valence-corrected chi connectivity index (χ4v) is 5.70. The molecule has 0 bridgehead atoms. The Morgan fingerprint density at radius 2 is 1.57 bits per heavy atom. The molecule has 1 heterocycles. The maximum atomic E-state index is 2.20. The summed E-state index contributed by atoms with van der Waals surface area (Å²) in [5.74, 6) is 0. The molecular formula is C4H2SSn2. The zero-order valence-corrected chi connectivity index (χ0v) is 10.1. The van der Waals surface area contributed by atoms with E-state index in [4.69, 9.17) is 0 Å². The van der Waals surface area contributed by atoms with Crippen LogP contribution in [0, 0.1) is 0 Å². The standard InChI is InChI=1S/C4H2S.2Sn/c1-2-4-5-3-1;;/h1-2H;;. The average molecular weight is 320 g/mol. The topological polar surface area (TPSA) is 0 Å². The molecule has 0 nitrogen and oxygen atoms in total. The van der Waals surface area contributed by atoms with Crippen molar-refractivity contribution in [2.24, 2.45) is 0 Å². The van der Waals surface area contributed by atoms with Crippen molar-refractivity contribution in [2.45, 2.75) is 0 Å². The first kappa shape index (κ1) is 6.42. The first-order valence-corrected chi connectivity index (χ1v) is 5.49. The summed E-state index contributed by atoms with van der Waals surface area (Å²) in [5, 5.41) is 0. The first-order chi connectivity index (χ1) is 3.29. The Kier molecular flexibility index (Phi) is 2.50. The van der Waals surface area contributed by atoms with Gasteiger partial charge in [-0.1, -0.05) is 0 Å². The van der Waals surface area contributed by atoms with Crippen molar-refractivity contribution < 1.29 is 0 Å². The summed E-state index contributed by atoms with van der Waals surface area (Å²) in [5.41, 5.74) is 0. The summed E-state index contributed by atoms with van der Waals surface area (Å²) < 4.78 is 3.03. The summed E-state index contributed by atoms with van der Waals surface area (Å²) in [6.45, 7) is 0. The molecule has 0 fully saturated rings. The van der Waals surface area contributed by atoms with E-state index in [1.165, 1.54) is 5.79 Å². The zero-order chi connectivity index (χ0) is 5.28. The van der Waals surface area contributed by atoms with Gasteiger partial charge in [-0.25, -0.2) is 0 Å². The van der Waals surface area contributed by atoms with Crippen LogP contribution in [0.4, 0.5) is 0 Å². The van der Waals surface area contributed by atoms with Crippen LogP contribution in [0.2, 0.25) is 0 Å². The summed E-state index contributed by atoms with van der Waals surface area (Å²) in [7, 11) is 0. The van der Waals surface area contributed by atoms with Gasteiger partial charge in [-0.2, -0.15) is 0 Å². The molecule has 0 amide bonds. The number of hydrogen-bond acceptors (Lipinski definition) is 1. The Bertz CT molecular complexity index is 142. The van der Waals surface area contributed by atoms with Crippen LogP contribution in [0.5, 0.6) is 0 Å². The molecule has 1 aromatic heterocycles. The van der Waals surface area contributed by atoms with Crippen LogP contribution in [0.3, 0.4) is 0 Å². The van der Waals surface area contributed by atoms with E-state index in [2.05, 4.69) is 12.1 Å². The Balaban J connectivity index is 3.04. The third kappa shape index (κ3) is 1.93. The van der Waals surface area contributed by atoms with Gasteiger partial charge < -0.3 is 0 Å². The molecule has 6 radical (unpaired) electrons. The first-order valence-electron chi connectivity index (χ1n) is 1.82. The van der Waals surface area contributed by atoms with E-state index in [1.54, 1.807) is 45.0 Å². The van der Waals surface area contributed by atoms with E-state index >= 15 is 0 Å². The average Bonchev–Trinajstić information content (AvgIpc) is 1.87. The number of hydrogen-bond donors (Lipinski definition) is 0. The molecule has 32 valence electrons. The molecule has 1 aromatic rings. The summed E-state index contributed by atoms with van der Waals surface area (Å²) >= 11 is 5.02. The third-order valence-electron chi connectivity index (χ3n) is 0.606. The van der Waals surface area contributed by atoms with Crippen molar-refractivity contribution in [3.63, 3.8) is 0 Å². The summed E-state index contributed by atoms with van der Waals surface area (Å²) in [4.78, 5) is 0. The van der Waals surface area contributed by atoms with Crippen molar-refractivity contribution in [1.82, 2.24) is 0 Å². The second kappa shape index (κ2) is 2.73. The molecule has 0 aromatic carbocycles. The number of rotatable bonds is 0. The van der Waals surface area contributed by atoms with Crippen LogP contribution in [-0.4, -0.2) is 45.0 Å². The van der Waals surface area contributed by atoms with Gasteiger partial charge in [-0.15, -0.1) is 0 Å². The quantitative estimate of drug-likeness (QED) is 0.557. The van der Waals surface area contributed by atoms with Gasteiger partial charge in [-0.05, 0) is 0 Å². The van der Waals surface area contributed by atoms with Gasteiger partial charge >= 0.3 is 74.3 Å². The van der Waals surface area contributed by atoms with Gasteiger partial charge in [0.2, 0.25) is 0 Å². The SMILES string of the molecule is [Sn][c]1cc[c]([Sn])s1. The summed E-state index contributed by atoms with van der Waals surface area (Å²) in [6, 6.07) is 4.40. The van der Waals surface area contributed by atoms with Crippen LogP contribution in [0.1, 0.15) is 0 Å². The molecule has 0 aliphatic carbocycles. The normalized spacial score (nSPS) is 9.43. The fourth-order valence-electron chi connectivity index (χ4n) is 0.338. The minimum absolute atomic E-state index is 1.51. The van der Waals surface area contributed by atoms with Crippen molar-refractivity contribution >= 4 is 62.2 Å². The maximum absolute atomic E-state index is 2.20. The van der Waals surface area contributed by atoms with E-state index in [0.717, 1.165) is 0 Å². The Hall–Kier alpha value is 1.30. The summed E-state index contributed by atoms with van der Waals surface area (Å²) in [6.07, 6.45) is 0. The van der Waals surface area contributed by atoms with Crippen LogP contribution < -0.4 is 5.79 Å². The molecule has 0 atom stereocenters. The third-order valence-corrected chi connectivity index (χ3v) is 4.02. The van der Waals surface area contributed by atoms with Crippen molar-refractivity contribution in [3.05, 3.63) is 12.1 Å². The minimum atomic E-state index is 1.51. The second-order valence-electron chi connectivity index (χ2n) is 1.16. The Morgan fingerprint density at radius 3 is 1.71 bits per heavy atom. The van der Waals surface area contributed by atoms with Gasteiger partial charge in [0.15, 0.2) is 0 Å². The molecule has 0 saturated carbocycles. The molecule has 0 spiro atoms. The van der Waals surface area contributed by atoms with Gasteiger partial charge in [-0.3, -0.25) is 0 Å². The van der Waals surface area contributed by atoms with Crippen molar-refractivity contribution in [2.75, 3.05) is 0 Å². The van der Waals surface area contributed by atoms with E-state index < -0.39 is 0 Å². The van der Waals surface area contributed by atoms with Gasteiger partial charge in [0.05, 0.1) is 0 Å². The van der Waals surface area contributed by atoms with Crippen LogP contribution in [-0.2, 0) is 0 Å². The van der Waals surface area contributed by atoms with E-state index in [1.807, 2.05) is 11.3 Å². The number of thiophene rings is 1. The molecule has 7 heavy (non-hydrogen) atoms. The molecule has 0 aliphatic heterocycles. The second-order valence-corrected chi connectivity index (χ2v) is 7.39. The van der Waals surface area contributed by atoms with Crippen molar-refractivity contribution in [3.8, 4) is 0 Å². The van der Waals surface area contributed by atoms with E-state index in [-0.39, 0.29) is 0 Å².